The summed E-state index contributed by atoms with van der Waals surface area (Å²) in [6.07, 6.45) is 1.13. The van der Waals surface area contributed by atoms with E-state index in [1.165, 1.54) is 13.2 Å². The van der Waals surface area contributed by atoms with E-state index in [1.807, 2.05) is 27.7 Å². The number of hydrogen-bond donors (Lipinski definition) is 1. The smallest absolute Gasteiger partial charge is 0.407 e. The van der Waals surface area contributed by atoms with Crippen molar-refractivity contribution in [2.75, 3.05) is 13.7 Å². The first-order valence-electron chi connectivity index (χ1n) is 6.37. The van der Waals surface area contributed by atoms with Gasteiger partial charge in [-0.3, -0.25) is 4.79 Å². The number of allylic oxidation sites excluding steroid dienone is 2. The van der Waals surface area contributed by atoms with Crippen LogP contribution in [0.1, 0.15) is 34.1 Å². The molecule has 6 heteroatoms. The molecule has 0 aromatic carbocycles. The Labute approximate surface area is 118 Å². The molecule has 0 aromatic rings. The molecule has 0 aromatic heterocycles. The van der Waals surface area contributed by atoms with Crippen LogP contribution in [0.3, 0.4) is 0 Å². The molecule has 0 radical (unpaired) electrons. The topological polar surface area (TPSA) is 81.7 Å². The molecule has 0 bridgehead atoms. The number of hydrogen-bond acceptors (Lipinski definition) is 5. The third-order valence-corrected chi connectivity index (χ3v) is 4.02. The zero-order valence-electron chi connectivity index (χ0n) is 12.5. The lowest BCUT2D eigenvalue weighted by Crippen LogP contribution is -2.43. The van der Waals surface area contributed by atoms with Crippen molar-refractivity contribution in [2.45, 2.75) is 34.1 Å². The van der Waals surface area contributed by atoms with E-state index in [2.05, 4.69) is 10.1 Å². The number of nitrogens with one attached hydrogen (secondary N) is 1. The minimum atomic E-state index is -0.711. The van der Waals surface area contributed by atoms with Crippen molar-refractivity contribution in [3.63, 3.8) is 0 Å². The monoisotopic (exact) mass is 283 g/mol. The predicted molar refractivity (Wildman–Crippen MR) is 71.8 cm³/mol. The van der Waals surface area contributed by atoms with Crippen LogP contribution in [0.4, 0.5) is 4.79 Å². The van der Waals surface area contributed by atoms with Crippen molar-refractivity contribution in [2.24, 2.45) is 10.8 Å². The van der Waals surface area contributed by atoms with Crippen LogP contribution >= 0.6 is 0 Å². The highest BCUT2D eigenvalue weighted by Gasteiger charge is 2.46. The number of ether oxygens (including phenoxy) is 2. The second kappa shape index (κ2) is 5.64. The quantitative estimate of drug-likeness (QED) is 0.799. The molecular formula is C14H21NO5. The Morgan fingerprint density at radius 3 is 2.40 bits per heavy atom. The van der Waals surface area contributed by atoms with Gasteiger partial charge in [-0.15, -0.1) is 0 Å². The van der Waals surface area contributed by atoms with Crippen LogP contribution in [0.15, 0.2) is 11.8 Å². The highest BCUT2D eigenvalue weighted by molar-refractivity contribution is 5.96. The summed E-state index contributed by atoms with van der Waals surface area (Å²) in [7, 11) is 1.20. The van der Waals surface area contributed by atoms with Gasteiger partial charge in [0.1, 0.15) is 12.3 Å². The number of amides is 1. The third kappa shape index (κ3) is 3.37. The second-order valence-corrected chi connectivity index (χ2v) is 5.98. The Morgan fingerprint density at radius 2 is 1.90 bits per heavy atom. The fourth-order valence-electron chi connectivity index (χ4n) is 1.83. The van der Waals surface area contributed by atoms with E-state index in [4.69, 9.17) is 4.74 Å². The minimum Gasteiger partial charge on any atom is -0.453 e. The molecule has 6 nitrogen and oxygen atoms in total. The first-order chi connectivity index (χ1) is 9.10. The normalized spacial score (nSPS) is 19.9. The lowest BCUT2D eigenvalue weighted by molar-refractivity contribution is -0.140. The Hall–Kier alpha value is -1.85. The van der Waals surface area contributed by atoms with Gasteiger partial charge in [0.25, 0.3) is 0 Å². The third-order valence-electron chi connectivity index (χ3n) is 4.02. The number of esters is 1. The molecule has 20 heavy (non-hydrogen) atoms. The average molecular weight is 283 g/mol. The van der Waals surface area contributed by atoms with E-state index >= 15 is 0 Å². The molecule has 0 fully saturated rings. The first kappa shape index (κ1) is 16.2. The van der Waals surface area contributed by atoms with Crippen LogP contribution in [0.2, 0.25) is 0 Å². The predicted octanol–water partition coefficient (Wildman–Crippen LogP) is 1.79. The molecule has 1 rings (SSSR count). The van der Waals surface area contributed by atoms with Crippen LogP contribution in [-0.4, -0.2) is 31.5 Å². The van der Waals surface area contributed by atoms with E-state index in [0.717, 1.165) is 0 Å². The summed E-state index contributed by atoms with van der Waals surface area (Å²) in [4.78, 5) is 34.5. The van der Waals surface area contributed by atoms with Gasteiger partial charge in [0.2, 0.25) is 0 Å². The van der Waals surface area contributed by atoms with Crippen LogP contribution in [0.5, 0.6) is 0 Å². The van der Waals surface area contributed by atoms with Crippen molar-refractivity contribution in [1.29, 1.82) is 0 Å². The summed E-state index contributed by atoms with van der Waals surface area (Å²) in [5.41, 5.74) is -0.822. The Balaban J connectivity index is 2.68. The van der Waals surface area contributed by atoms with E-state index in [1.54, 1.807) is 0 Å². The summed E-state index contributed by atoms with van der Waals surface area (Å²) in [6, 6.07) is 0. The maximum absolute atomic E-state index is 12.1. The fourth-order valence-corrected chi connectivity index (χ4v) is 1.83. The molecule has 112 valence electrons. The summed E-state index contributed by atoms with van der Waals surface area (Å²) in [6.45, 7) is 7.37. The largest absolute Gasteiger partial charge is 0.453 e. The van der Waals surface area contributed by atoms with Crippen molar-refractivity contribution in [3.05, 3.63) is 11.8 Å². The van der Waals surface area contributed by atoms with Crippen LogP contribution in [0.25, 0.3) is 0 Å². The number of alkyl carbamates (subject to hydrolysis) is 1. The van der Waals surface area contributed by atoms with Crippen molar-refractivity contribution >= 4 is 17.8 Å². The van der Waals surface area contributed by atoms with E-state index < -0.39 is 17.5 Å². The molecule has 0 spiro atoms. The van der Waals surface area contributed by atoms with Crippen LogP contribution in [0, 0.1) is 10.8 Å². The lowest BCUT2D eigenvalue weighted by Gasteiger charge is -2.42. The Morgan fingerprint density at radius 1 is 1.30 bits per heavy atom. The van der Waals surface area contributed by atoms with E-state index in [0.29, 0.717) is 12.2 Å². The molecule has 0 saturated carbocycles. The van der Waals surface area contributed by atoms with Crippen LogP contribution < -0.4 is 5.32 Å². The molecule has 0 aliphatic heterocycles. The Bertz CT molecular complexity index is 462. The highest BCUT2D eigenvalue weighted by atomic mass is 16.5. The van der Waals surface area contributed by atoms with Gasteiger partial charge in [0, 0.05) is 17.9 Å². The van der Waals surface area contributed by atoms with Crippen LogP contribution in [-0.2, 0) is 19.1 Å². The molecule has 0 saturated heterocycles. The van der Waals surface area contributed by atoms with Crippen molar-refractivity contribution < 1.29 is 23.9 Å². The van der Waals surface area contributed by atoms with Gasteiger partial charge in [-0.2, -0.15) is 0 Å². The van der Waals surface area contributed by atoms with Gasteiger partial charge in [-0.05, 0) is 5.41 Å². The fraction of sp³-hybridized carbons (Fsp3) is 0.643. The number of methoxy groups -OCH3 is 1. The molecule has 0 atom stereocenters. The zero-order chi connectivity index (χ0) is 15.6. The van der Waals surface area contributed by atoms with Gasteiger partial charge in [-0.1, -0.05) is 27.7 Å². The summed E-state index contributed by atoms with van der Waals surface area (Å²) < 4.78 is 9.46. The van der Waals surface area contributed by atoms with Gasteiger partial charge >= 0.3 is 12.1 Å². The van der Waals surface area contributed by atoms with Crippen molar-refractivity contribution in [1.82, 2.24) is 5.32 Å². The SMILES string of the molecule is COC(=O)NCC(=O)OC1=CC(=O)C(C)(C)C(C)(C)C1. The van der Waals surface area contributed by atoms with E-state index in [-0.39, 0.29) is 17.7 Å². The van der Waals surface area contributed by atoms with E-state index in [9.17, 15) is 14.4 Å². The standard InChI is InChI=1S/C14H21NO5/c1-13(2)7-9(6-10(16)14(13,3)4)20-11(17)8-15-12(18)19-5/h6H,7-8H2,1-5H3,(H,15,18). The second-order valence-electron chi connectivity index (χ2n) is 5.98. The van der Waals surface area contributed by atoms with Crippen molar-refractivity contribution in [3.8, 4) is 0 Å². The summed E-state index contributed by atoms with van der Waals surface area (Å²) in [5.74, 6) is -0.376. The maximum Gasteiger partial charge on any atom is 0.407 e. The molecule has 1 aliphatic rings. The van der Waals surface area contributed by atoms with Gasteiger partial charge in [0.15, 0.2) is 5.78 Å². The number of ketones is 1. The zero-order valence-corrected chi connectivity index (χ0v) is 12.5. The highest BCUT2D eigenvalue weighted by Crippen LogP contribution is 2.47. The molecule has 1 N–H and O–H groups in total. The van der Waals surface area contributed by atoms with Gasteiger partial charge < -0.3 is 14.8 Å². The molecule has 1 amide bonds. The number of carbonyl (C=O) groups is 3. The van der Waals surface area contributed by atoms with Gasteiger partial charge in [0.05, 0.1) is 7.11 Å². The molecule has 1 aliphatic carbocycles. The number of carbonyl (C=O) groups excluding carboxylic acids is 3. The molecule has 0 unspecified atom stereocenters. The Kier molecular flexibility index (Phi) is 4.57. The lowest BCUT2D eigenvalue weighted by atomic mass is 9.61. The number of rotatable bonds is 3. The summed E-state index contributed by atoms with van der Waals surface area (Å²) in [5, 5.41) is 2.22. The van der Waals surface area contributed by atoms with Gasteiger partial charge in [-0.25, -0.2) is 9.59 Å². The minimum absolute atomic E-state index is 0.0718. The average Bonchev–Trinajstić information content (AvgIpc) is 2.33. The maximum atomic E-state index is 12.1. The molecule has 0 heterocycles. The molecular weight excluding hydrogens is 262 g/mol. The summed E-state index contributed by atoms with van der Waals surface area (Å²) >= 11 is 0. The first-order valence-corrected chi connectivity index (χ1v) is 6.37.